The predicted octanol–water partition coefficient (Wildman–Crippen LogP) is 1.90. The summed E-state index contributed by atoms with van der Waals surface area (Å²) in [5.41, 5.74) is 0. The average Bonchev–Trinajstić information content (AvgIpc) is 2.54. The first kappa shape index (κ1) is 10.3. The van der Waals surface area contributed by atoms with Gasteiger partial charge in [-0.3, -0.25) is 4.90 Å². The van der Waals surface area contributed by atoms with Gasteiger partial charge in [0.05, 0.1) is 12.6 Å². The highest BCUT2D eigenvalue weighted by molar-refractivity contribution is 4.81. The SMILES string of the molecule is FC1(F)CCCN(CC2CCCO2)C1. The molecule has 0 saturated carbocycles. The third-order valence-electron chi connectivity index (χ3n) is 2.96. The first-order valence-electron chi connectivity index (χ1n) is 5.37. The second-order valence-corrected chi connectivity index (χ2v) is 4.33. The van der Waals surface area contributed by atoms with Crippen molar-refractivity contribution in [2.75, 3.05) is 26.2 Å². The molecule has 2 fully saturated rings. The molecule has 0 aromatic carbocycles. The van der Waals surface area contributed by atoms with Crippen molar-refractivity contribution in [3.8, 4) is 0 Å². The van der Waals surface area contributed by atoms with Crippen LogP contribution >= 0.6 is 0 Å². The Bertz CT molecular complexity index is 193. The monoisotopic (exact) mass is 205 g/mol. The van der Waals surface area contributed by atoms with Crippen LogP contribution in [0.25, 0.3) is 0 Å². The van der Waals surface area contributed by atoms with Gasteiger partial charge in [-0.1, -0.05) is 0 Å². The molecule has 0 aromatic rings. The van der Waals surface area contributed by atoms with Gasteiger partial charge in [-0.25, -0.2) is 8.78 Å². The molecule has 0 radical (unpaired) electrons. The second-order valence-electron chi connectivity index (χ2n) is 4.33. The topological polar surface area (TPSA) is 12.5 Å². The Balaban J connectivity index is 1.79. The van der Waals surface area contributed by atoms with E-state index in [0.29, 0.717) is 13.0 Å². The van der Waals surface area contributed by atoms with Gasteiger partial charge in [0, 0.05) is 19.6 Å². The number of nitrogens with zero attached hydrogens (tertiary/aromatic N) is 1. The van der Waals surface area contributed by atoms with E-state index in [4.69, 9.17) is 4.74 Å². The van der Waals surface area contributed by atoms with E-state index in [9.17, 15) is 8.78 Å². The van der Waals surface area contributed by atoms with E-state index in [-0.39, 0.29) is 19.1 Å². The van der Waals surface area contributed by atoms with Crippen LogP contribution in [0, 0.1) is 0 Å². The normalized spacial score (nSPS) is 33.4. The average molecular weight is 205 g/mol. The lowest BCUT2D eigenvalue weighted by molar-refractivity contribution is -0.0728. The zero-order valence-electron chi connectivity index (χ0n) is 8.35. The minimum absolute atomic E-state index is 0.0506. The molecule has 0 N–H and O–H groups in total. The van der Waals surface area contributed by atoms with Crippen LogP contribution in [0.1, 0.15) is 25.7 Å². The maximum atomic E-state index is 13.0. The molecule has 0 aliphatic carbocycles. The molecular formula is C10H17F2NO. The van der Waals surface area contributed by atoms with E-state index in [1.807, 2.05) is 4.90 Å². The summed E-state index contributed by atoms with van der Waals surface area (Å²) < 4.78 is 31.5. The molecule has 14 heavy (non-hydrogen) atoms. The van der Waals surface area contributed by atoms with E-state index in [2.05, 4.69) is 0 Å². The minimum atomic E-state index is -2.48. The number of alkyl halides is 2. The summed E-state index contributed by atoms with van der Waals surface area (Å²) in [5.74, 6) is -2.48. The van der Waals surface area contributed by atoms with Crippen molar-refractivity contribution < 1.29 is 13.5 Å². The molecule has 0 spiro atoms. The van der Waals surface area contributed by atoms with Crippen molar-refractivity contribution in [1.29, 1.82) is 0 Å². The van der Waals surface area contributed by atoms with Gasteiger partial charge in [0.25, 0.3) is 5.92 Å². The van der Waals surface area contributed by atoms with Crippen molar-refractivity contribution in [1.82, 2.24) is 4.90 Å². The Kier molecular flexibility index (Phi) is 3.02. The highest BCUT2D eigenvalue weighted by Gasteiger charge is 2.36. The van der Waals surface area contributed by atoms with E-state index in [1.54, 1.807) is 0 Å². The molecular weight excluding hydrogens is 188 g/mol. The second kappa shape index (κ2) is 4.11. The van der Waals surface area contributed by atoms with Crippen molar-refractivity contribution >= 4 is 0 Å². The van der Waals surface area contributed by atoms with E-state index in [0.717, 1.165) is 26.0 Å². The Morgan fingerprint density at radius 3 is 2.86 bits per heavy atom. The molecule has 4 heteroatoms. The first-order chi connectivity index (χ1) is 6.66. The lowest BCUT2D eigenvalue weighted by Gasteiger charge is -2.33. The summed E-state index contributed by atoms with van der Waals surface area (Å²) in [6.45, 7) is 2.22. The molecule has 0 aromatic heterocycles. The number of likely N-dealkylation sites (tertiary alicyclic amines) is 1. The number of rotatable bonds is 2. The number of ether oxygens (including phenoxy) is 1. The van der Waals surface area contributed by atoms with E-state index < -0.39 is 5.92 Å². The zero-order valence-corrected chi connectivity index (χ0v) is 8.35. The highest BCUT2D eigenvalue weighted by atomic mass is 19.3. The molecule has 1 atom stereocenters. The van der Waals surface area contributed by atoms with Crippen LogP contribution in [0.5, 0.6) is 0 Å². The van der Waals surface area contributed by atoms with Gasteiger partial charge in [0.2, 0.25) is 0 Å². The van der Waals surface area contributed by atoms with Crippen molar-refractivity contribution in [2.45, 2.75) is 37.7 Å². The van der Waals surface area contributed by atoms with Crippen LogP contribution < -0.4 is 0 Å². The number of hydrogen-bond donors (Lipinski definition) is 0. The minimum Gasteiger partial charge on any atom is -0.377 e. The molecule has 0 amide bonds. The van der Waals surface area contributed by atoms with Gasteiger partial charge in [-0.05, 0) is 25.8 Å². The summed E-state index contributed by atoms with van der Waals surface area (Å²) in [6.07, 6.45) is 2.97. The van der Waals surface area contributed by atoms with Gasteiger partial charge in [-0.2, -0.15) is 0 Å². The largest absolute Gasteiger partial charge is 0.377 e. The Morgan fingerprint density at radius 1 is 1.36 bits per heavy atom. The van der Waals surface area contributed by atoms with Crippen LogP contribution in [0.15, 0.2) is 0 Å². The van der Waals surface area contributed by atoms with Crippen LogP contribution in [0.3, 0.4) is 0 Å². The third kappa shape index (κ3) is 2.64. The fraction of sp³-hybridized carbons (Fsp3) is 1.00. The molecule has 2 saturated heterocycles. The zero-order chi connectivity index (χ0) is 10.0. The molecule has 2 aliphatic heterocycles. The van der Waals surface area contributed by atoms with Gasteiger partial charge in [0.15, 0.2) is 0 Å². The van der Waals surface area contributed by atoms with Gasteiger partial charge in [-0.15, -0.1) is 0 Å². The van der Waals surface area contributed by atoms with Crippen molar-refractivity contribution in [2.24, 2.45) is 0 Å². The quantitative estimate of drug-likeness (QED) is 0.682. The summed E-state index contributed by atoms with van der Waals surface area (Å²) in [5, 5.41) is 0. The van der Waals surface area contributed by atoms with Crippen LogP contribution in [-0.2, 0) is 4.74 Å². The molecule has 0 bridgehead atoms. The smallest absolute Gasteiger partial charge is 0.260 e. The molecule has 82 valence electrons. The summed E-state index contributed by atoms with van der Waals surface area (Å²) in [7, 11) is 0. The molecule has 2 rings (SSSR count). The number of hydrogen-bond acceptors (Lipinski definition) is 2. The van der Waals surface area contributed by atoms with Crippen molar-refractivity contribution in [3.05, 3.63) is 0 Å². The van der Waals surface area contributed by atoms with Gasteiger partial charge < -0.3 is 4.74 Å². The van der Waals surface area contributed by atoms with Crippen LogP contribution in [-0.4, -0.2) is 43.2 Å². The first-order valence-corrected chi connectivity index (χ1v) is 5.37. The Morgan fingerprint density at radius 2 is 2.21 bits per heavy atom. The molecule has 2 heterocycles. The fourth-order valence-electron chi connectivity index (χ4n) is 2.28. The van der Waals surface area contributed by atoms with Crippen LogP contribution in [0.4, 0.5) is 8.78 Å². The predicted molar refractivity (Wildman–Crippen MR) is 49.6 cm³/mol. The fourth-order valence-corrected chi connectivity index (χ4v) is 2.28. The van der Waals surface area contributed by atoms with Crippen LogP contribution in [0.2, 0.25) is 0 Å². The maximum absolute atomic E-state index is 13.0. The van der Waals surface area contributed by atoms with Gasteiger partial charge in [0.1, 0.15) is 0 Å². The summed E-state index contributed by atoms with van der Waals surface area (Å²) in [4.78, 5) is 1.85. The van der Waals surface area contributed by atoms with E-state index in [1.165, 1.54) is 0 Å². The third-order valence-corrected chi connectivity index (χ3v) is 2.96. The molecule has 2 aliphatic rings. The standard InChI is InChI=1S/C10H17F2NO/c11-10(12)4-2-5-13(8-10)7-9-3-1-6-14-9/h9H,1-8H2. The number of halogens is 2. The lowest BCUT2D eigenvalue weighted by Crippen LogP contribution is -2.45. The molecule has 2 nitrogen and oxygen atoms in total. The maximum Gasteiger partial charge on any atom is 0.260 e. The van der Waals surface area contributed by atoms with E-state index >= 15 is 0 Å². The highest BCUT2D eigenvalue weighted by Crippen LogP contribution is 2.27. The Labute approximate surface area is 83.2 Å². The summed E-state index contributed by atoms with van der Waals surface area (Å²) >= 11 is 0. The summed E-state index contributed by atoms with van der Waals surface area (Å²) in [6, 6.07) is 0. The molecule has 1 unspecified atom stereocenters. The number of piperidine rings is 1. The Hall–Kier alpha value is -0.220. The lowest BCUT2D eigenvalue weighted by atomic mass is 10.1. The van der Waals surface area contributed by atoms with Crippen molar-refractivity contribution in [3.63, 3.8) is 0 Å². The van der Waals surface area contributed by atoms with Gasteiger partial charge >= 0.3 is 0 Å².